The zero-order valence-corrected chi connectivity index (χ0v) is 29.6. The van der Waals surface area contributed by atoms with E-state index < -0.39 is 64.5 Å². The summed E-state index contributed by atoms with van der Waals surface area (Å²) in [6.45, 7) is 14.3. The fourth-order valence-electron chi connectivity index (χ4n) is 6.27. The average Bonchev–Trinajstić information content (AvgIpc) is 3.61. The minimum atomic E-state index is -1.50. The number of hydrogen-bond acceptors (Lipinski definition) is 8. The van der Waals surface area contributed by atoms with Gasteiger partial charge in [0.25, 0.3) is 0 Å². The SMILES string of the molecule is C=CC1CC1(NC(=O)[C@@H]1C[C@@H](Oc2cc(-c3ccccc3)nc3cc(OC)ccc23)CN1C(=O)[C@H](NC(=O)OC(C)(C)C)C(C)(C)C)C(=O)O. The Labute approximate surface area is 292 Å². The number of carboxylic acids is 1. The number of methoxy groups -OCH3 is 1. The standard InChI is InChI=1S/C38H46N4O8/c1-9-23-20-38(23,34(45)46)41-32(43)29-18-25(21-42(29)33(44)31(36(2,3)4)40-35(47)50-37(5,6)7)49-30-19-27(22-13-11-10-12-14-22)39-28-17-24(48-8)15-16-26(28)30/h9-17,19,23,25,29,31H,1,18,20-21H2,2-8H3,(H,40,47)(H,41,43)(H,45,46)/t23?,25-,29+,31+,38?/m1/s1. The maximum atomic E-state index is 14.4. The van der Waals surface area contributed by atoms with Crippen molar-refractivity contribution in [2.75, 3.05) is 13.7 Å². The van der Waals surface area contributed by atoms with Gasteiger partial charge >= 0.3 is 12.1 Å². The highest BCUT2D eigenvalue weighted by Crippen LogP contribution is 2.45. The van der Waals surface area contributed by atoms with E-state index in [1.807, 2.05) is 48.5 Å². The summed E-state index contributed by atoms with van der Waals surface area (Å²) in [5.74, 6) is -1.67. The lowest BCUT2D eigenvalue weighted by atomic mass is 9.85. The van der Waals surface area contributed by atoms with Crippen molar-refractivity contribution in [3.8, 4) is 22.8 Å². The largest absolute Gasteiger partial charge is 0.497 e. The smallest absolute Gasteiger partial charge is 0.408 e. The second-order valence-corrected chi connectivity index (χ2v) is 15.0. The summed E-state index contributed by atoms with van der Waals surface area (Å²) in [7, 11) is 1.57. The number of aromatic nitrogens is 1. The number of rotatable bonds is 10. The molecule has 0 spiro atoms. The number of benzene rings is 2. The minimum absolute atomic E-state index is 0.00883. The normalized spacial score (nSPS) is 22.3. The van der Waals surface area contributed by atoms with Gasteiger partial charge in [0.05, 0.1) is 24.9 Å². The molecule has 50 heavy (non-hydrogen) atoms. The Morgan fingerprint density at radius 1 is 1.06 bits per heavy atom. The molecule has 3 N–H and O–H groups in total. The lowest BCUT2D eigenvalue weighted by molar-refractivity contribution is -0.146. The maximum absolute atomic E-state index is 14.4. The molecule has 5 atom stereocenters. The lowest BCUT2D eigenvalue weighted by Gasteiger charge is -2.35. The molecule has 1 aromatic heterocycles. The molecule has 5 rings (SSSR count). The monoisotopic (exact) mass is 686 g/mol. The van der Waals surface area contributed by atoms with E-state index in [4.69, 9.17) is 19.2 Å². The summed E-state index contributed by atoms with van der Waals surface area (Å²) in [5.41, 5.74) is -0.950. The number of likely N-dealkylation sites (tertiary alicyclic amines) is 1. The predicted molar refractivity (Wildman–Crippen MR) is 188 cm³/mol. The molecule has 0 bridgehead atoms. The van der Waals surface area contributed by atoms with Crippen molar-refractivity contribution >= 4 is 34.8 Å². The molecule has 1 saturated heterocycles. The topological polar surface area (TPSA) is 156 Å². The van der Waals surface area contributed by atoms with Gasteiger partial charge in [0.15, 0.2) is 0 Å². The number of fused-ring (bicyclic) bond motifs is 1. The van der Waals surface area contributed by atoms with E-state index in [0.717, 1.165) is 5.56 Å². The molecule has 3 aromatic rings. The Hall–Kier alpha value is -5.13. The summed E-state index contributed by atoms with van der Waals surface area (Å²) in [6.07, 6.45) is 0.311. The van der Waals surface area contributed by atoms with Gasteiger partial charge in [-0.25, -0.2) is 14.6 Å². The maximum Gasteiger partial charge on any atom is 0.408 e. The molecule has 2 aromatic carbocycles. The van der Waals surface area contributed by atoms with Gasteiger partial charge in [-0.1, -0.05) is 57.2 Å². The van der Waals surface area contributed by atoms with E-state index in [1.165, 1.54) is 11.0 Å². The fourth-order valence-corrected chi connectivity index (χ4v) is 6.27. The van der Waals surface area contributed by atoms with Crippen molar-refractivity contribution in [2.24, 2.45) is 11.3 Å². The van der Waals surface area contributed by atoms with E-state index in [1.54, 1.807) is 54.7 Å². The highest BCUT2D eigenvalue weighted by atomic mass is 16.6. The van der Waals surface area contributed by atoms with Crippen molar-refractivity contribution in [1.82, 2.24) is 20.5 Å². The van der Waals surface area contributed by atoms with Crippen LogP contribution in [0.1, 0.15) is 54.4 Å². The van der Waals surface area contributed by atoms with Crippen LogP contribution in [0.3, 0.4) is 0 Å². The van der Waals surface area contributed by atoms with Crippen molar-refractivity contribution < 1.29 is 38.5 Å². The van der Waals surface area contributed by atoms with Gasteiger partial charge in [-0.2, -0.15) is 0 Å². The van der Waals surface area contributed by atoms with Crippen LogP contribution in [-0.4, -0.2) is 81.8 Å². The summed E-state index contributed by atoms with van der Waals surface area (Å²) in [6, 6.07) is 14.7. The third-order valence-electron chi connectivity index (χ3n) is 8.99. The number of nitrogens with zero attached hydrogens (tertiary/aromatic N) is 2. The van der Waals surface area contributed by atoms with Gasteiger partial charge < -0.3 is 34.9 Å². The molecule has 1 aliphatic carbocycles. The second-order valence-electron chi connectivity index (χ2n) is 15.0. The molecule has 12 nitrogen and oxygen atoms in total. The molecular weight excluding hydrogens is 640 g/mol. The van der Waals surface area contributed by atoms with Gasteiger partial charge in [-0.3, -0.25) is 9.59 Å². The second kappa shape index (κ2) is 13.6. The number of carboxylic acid groups (broad SMARTS) is 1. The van der Waals surface area contributed by atoms with Crippen molar-refractivity contribution in [1.29, 1.82) is 0 Å². The average molecular weight is 687 g/mol. The highest BCUT2D eigenvalue weighted by molar-refractivity contribution is 5.96. The number of aliphatic carboxylic acids is 1. The Morgan fingerprint density at radius 3 is 2.34 bits per heavy atom. The molecule has 1 saturated carbocycles. The number of carbonyl (C=O) groups excluding carboxylic acids is 3. The quantitative estimate of drug-likeness (QED) is 0.240. The highest BCUT2D eigenvalue weighted by Gasteiger charge is 2.61. The summed E-state index contributed by atoms with van der Waals surface area (Å²) >= 11 is 0. The zero-order chi connectivity index (χ0) is 36.6. The summed E-state index contributed by atoms with van der Waals surface area (Å²) < 4.78 is 17.5. The van der Waals surface area contributed by atoms with E-state index in [0.29, 0.717) is 28.1 Å². The predicted octanol–water partition coefficient (Wildman–Crippen LogP) is 5.34. The van der Waals surface area contributed by atoms with Crippen LogP contribution in [-0.2, 0) is 19.1 Å². The van der Waals surface area contributed by atoms with Crippen LogP contribution in [0, 0.1) is 11.3 Å². The Balaban J connectivity index is 1.51. The molecule has 266 valence electrons. The number of ether oxygens (including phenoxy) is 3. The number of pyridine rings is 1. The first kappa shape index (κ1) is 36.2. The molecule has 2 heterocycles. The van der Waals surface area contributed by atoms with Crippen LogP contribution in [0.2, 0.25) is 0 Å². The van der Waals surface area contributed by atoms with E-state index in [9.17, 15) is 24.3 Å². The van der Waals surface area contributed by atoms with Gasteiger partial charge in [-0.05, 0) is 44.7 Å². The first-order valence-electron chi connectivity index (χ1n) is 16.6. The van der Waals surface area contributed by atoms with Gasteiger partial charge in [0.1, 0.15) is 40.8 Å². The van der Waals surface area contributed by atoms with Gasteiger partial charge in [-0.15, -0.1) is 6.58 Å². The molecule has 1 aliphatic heterocycles. The first-order valence-corrected chi connectivity index (χ1v) is 16.6. The molecule has 12 heteroatoms. The number of hydrogen-bond donors (Lipinski definition) is 3. The Morgan fingerprint density at radius 2 is 1.76 bits per heavy atom. The minimum Gasteiger partial charge on any atom is -0.497 e. The van der Waals surface area contributed by atoms with Crippen LogP contribution in [0.15, 0.2) is 67.3 Å². The zero-order valence-electron chi connectivity index (χ0n) is 29.6. The van der Waals surface area contributed by atoms with E-state index in [-0.39, 0.29) is 19.4 Å². The Bertz CT molecular complexity index is 1800. The van der Waals surface area contributed by atoms with Crippen molar-refractivity contribution in [2.45, 2.75) is 83.7 Å². The third kappa shape index (κ3) is 7.69. The molecule has 2 aliphatic rings. The van der Waals surface area contributed by atoms with Crippen molar-refractivity contribution in [3.05, 3.63) is 67.3 Å². The van der Waals surface area contributed by atoms with Crippen LogP contribution in [0.5, 0.6) is 11.5 Å². The number of amides is 3. The van der Waals surface area contributed by atoms with Gasteiger partial charge in [0, 0.05) is 35.4 Å². The van der Waals surface area contributed by atoms with Crippen LogP contribution < -0.4 is 20.1 Å². The number of nitrogens with one attached hydrogen (secondary N) is 2. The number of carbonyl (C=O) groups is 4. The van der Waals surface area contributed by atoms with Crippen LogP contribution in [0.4, 0.5) is 4.79 Å². The fraction of sp³-hybridized carbons (Fsp3) is 0.447. The van der Waals surface area contributed by atoms with Crippen LogP contribution in [0.25, 0.3) is 22.2 Å². The van der Waals surface area contributed by atoms with Crippen molar-refractivity contribution in [3.63, 3.8) is 0 Å². The van der Waals surface area contributed by atoms with E-state index in [2.05, 4.69) is 17.2 Å². The third-order valence-corrected chi connectivity index (χ3v) is 8.99. The summed E-state index contributed by atoms with van der Waals surface area (Å²) in [4.78, 5) is 59.8. The van der Waals surface area contributed by atoms with E-state index >= 15 is 0 Å². The lowest BCUT2D eigenvalue weighted by Crippen LogP contribution is -2.59. The molecule has 2 fully saturated rings. The molecule has 2 unspecified atom stereocenters. The first-order chi connectivity index (χ1) is 23.5. The van der Waals surface area contributed by atoms with Gasteiger partial charge in [0.2, 0.25) is 11.8 Å². The Kier molecular flexibility index (Phi) is 9.87. The molecular formula is C38H46N4O8. The van der Waals surface area contributed by atoms with Crippen LogP contribution >= 0.6 is 0 Å². The molecule has 0 radical (unpaired) electrons. The molecule has 3 amide bonds. The number of alkyl carbamates (subject to hydrolysis) is 1. The summed E-state index contributed by atoms with van der Waals surface area (Å²) in [5, 5.41) is 16.1.